The van der Waals surface area contributed by atoms with E-state index in [9.17, 15) is 33.6 Å². The topological polar surface area (TPSA) is 204 Å². The molecule has 4 aromatic carbocycles. The van der Waals surface area contributed by atoms with Gasteiger partial charge in [-0.05, 0) is 68.4 Å². The van der Waals surface area contributed by atoms with Gasteiger partial charge in [-0.2, -0.15) is 11.8 Å². The molecule has 3 aliphatic heterocycles. The van der Waals surface area contributed by atoms with Gasteiger partial charge < -0.3 is 36.6 Å². The Kier molecular flexibility index (Phi) is 16.5. The highest BCUT2D eigenvalue weighted by atomic mass is 32.2. The van der Waals surface area contributed by atoms with Crippen LogP contribution in [0, 0.1) is 0 Å². The number of hydrogen-bond donors (Lipinski definition) is 6. The van der Waals surface area contributed by atoms with Gasteiger partial charge in [0.2, 0.25) is 23.6 Å². The van der Waals surface area contributed by atoms with Crippen molar-refractivity contribution in [2.24, 2.45) is 0 Å². The second kappa shape index (κ2) is 23.0. The van der Waals surface area contributed by atoms with Crippen molar-refractivity contribution in [3.63, 3.8) is 0 Å². The Hall–Kier alpha value is -6.68. The molecule has 0 aliphatic carbocycles. The number of nitrogens with zero attached hydrogens (tertiary/aromatic N) is 1. The number of carbonyl (C=O) groups excluding carboxylic acids is 7. The van der Waals surface area contributed by atoms with Crippen molar-refractivity contribution < 1.29 is 38.3 Å². The van der Waals surface area contributed by atoms with E-state index < -0.39 is 41.8 Å². The molecule has 66 heavy (non-hydrogen) atoms. The van der Waals surface area contributed by atoms with Crippen molar-refractivity contribution >= 4 is 58.8 Å². The van der Waals surface area contributed by atoms with Gasteiger partial charge in [0.1, 0.15) is 24.4 Å². The van der Waals surface area contributed by atoms with E-state index in [0.717, 1.165) is 37.9 Å². The fourth-order valence-electron chi connectivity index (χ4n) is 8.45. The average Bonchev–Trinajstić information content (AvgIpc) is 3.86. The summed E-state index contributed by atoms with van der Waals surface area (Å²) in [4.78, 5) is 93.5. The summed E-state index contributed by atoms with van der Waals surface area (Å²) in [6.45, 7) is 2.07. The number of nitrogens with one attached hydrogen (secondary N) is 6. The maximum atomic E-state index is 14.6. The molecule has 2 saturated heterocycles. The second-order valence-corrected chi connectivity index (χ2v) is 18.1. The number of amides is 7. The van der Waals surface area contributed by atoms with Crippen LogP contribution in [0.5, 0.6) is 5.75 Å². The Morgan fingerprint density at radius 1 is 0.758 bits per heavy atom. The van der Waals surface area contributed by atoms with Gasteiger partial charge in [0.05, 0.1) is 24.2 Å². The first-order chi connectivity index (χ1) is 32.0. The Morgan fingerprint density at radius 2 is 1.45 bits per heavy atom. The first-order valence-corrected chi connectivity index (χ1v) is 23.7. The van der Waals surface area contributed by atoms with Crippen LogP contribution in [0.4, 0.5) is 10.5 Å². The van der Waals surface area contributed by atoms with E-state index in [1.165, 1.54) is 11.8 Å². The maximum absolute atomic E-state index is 14.6. The molecule has 2 fully saturated rings. The molecular weight excluding hydrogens is 859 g/mol. The van der Waals surface area contributed by atoms with E-state index in [2.05, 4.69) is 31.9 Å². The van der Waals surface area contributed by atoms with Crippen LogP contribution in [0.15, 0.2) is 109 Å². The Bertz CT molecular complexity index is 2370. The predicted octanol–water partition coefficient (Wildman–Crippen LogP) is 4.75. The summed E-state index contributed by atoms with van der Waals surface area (Å²) < 4.78 is 6.49. The smallest absolute Gasteiger partial charge is 0.315 e. The molecule has 0 saturated carbocycles. The molecule has 0 radical (unpaired) electrons. The summed E-state index contributed by atoms with van der Waals surface area (Å²) in [5, 5.41) is 17.8. The fraction of sp³-hybridized carbons (Fsp3) is 0.380. The molecule has 16 heteroatoms. The van der Waals surface area contributed by atoms with Gasteiger partial charge >= 0.3 is 6.03 Å². The SMILES string of the molecule is C[C@H](NC(=O)Cc1cccc(C(=O)c2ccccc2)c1)C(=O)N[C@@H]1C(=O)N(CC(=O)NCCCCCNC(=O)CCCC[C@@H]2SC[C@@H]3NC(=O)N[C@@H]32)c2ccccc2O[C@@H]1c1ccccc1. The van der Waals surface area contributed by atoms with E-state index in [1.807, 2.05) is 23.9 Å². The Morgan fingerprint density at radius 3 is 2.23 bits per heavy atom. The van der Waals surface area contributed by atoms with Crippen molar-refractivity contribution in [3.05, 3.63) is 131 Å². The second-order valence-electron chi connectivity index (χ2n) is 16.8. The average molecular weight is 916 g/mol. The standard InChI is InChI=1S/C50H57N7O8S/c1-32(53-42(59)29-33-16-15-21-36(28-33)46(61)34-17-5-2-6-18-34)48(62)55-45-47(35-19-7-3-8-20-35)65-39-23-10-9-22-38(39)57(49(45)63)30-43(60)52-27-14-4-13-26-51-41(58)25-12-11-24-40-44-37(31-66-40)54-50(64)56-44/h2-3,5-10,15-23,28,32,37,40,44-45,47H,4,11-14,24-27,29-31H2,1H3,(H,51,58)(H,52,60)(H,53,59)(H,55,62)(H2,54,56,64)/t32-,37-,40-,44-,45-,47+/m0/s1. The molecule has 0 aromatic heterocycles. The summed E-state index contributed by atoms with van der Waals surface area (Å²) in [7, 11) is 0. The molecule has 3 heterocycles. The molecular formula is C50H57N7O8S. The number of unbranched alkanes of at least 4 members (excludes halogenated alkanes) is 3. The highest BCUT2D eigenvalue weighted by molar-refractivity contribution is 8.00. The van der Waals surface area contributed by atoms with Crippen molar-refractivity contribution in [2.75, 3.05) is 30.3 Å². The molecule has 7 amide bonds. The number of ketones is 1. The first-order valence-electron chi connectivity index (χ1n) is 22.7. The lowest BCUT2D eigenvalue weighted by molar-refractivity contribution is -0.132. The number of rotatable bonds is 21. The van der Waals surface area contributed by atoms with Crippen LogP contribution in [0.1, 0.15) is 85.0 Å². The van der Waals surface area contributed by atoms with Crippen LogP contribution in [0.2, 0.25) is 0 Å². The quantitative estimate of drug-likeness (QED) is 0.0388. The van der Waals surface area contributed by atoms with Crippen molar-refractivity contribution in [1.29, 1.82) is 0 Å². The third-order valence-electron chi connectivity index (χ3n) is 11.9. The fourth-order valence-corrected chi connectivity index (χ4v) is 9.99. The number of urea groups is 1. The van der Waals surface area contributed by atoms with Crippen LogP contribution in [0.25, 0.3) is 0 Å². The van der Waals surface area contributed by atoms with Crippen LogP contribution in [-0.2, 0) is 30.4 Å². The molecule has 0 spiro atoms. The lowest BCUT2D eigenvalue weighted by Gasteiger charge is -2.29. The third-order valence-corrected chi connectivity index (χ3v) is 13.4. The van der Waals surface area contributed by atoms with Crippen molar-refractivity contribution in [3.8, 4) is 5.75 Å². The van der Waals surface area contributed by atoms with E-state index in [1.54, 1.807) is 97.1 Å². The number of hydrogen-bond acceptors (Lipinski definition) is 9. The molecule has 6 N–H and O–H groups in total. The van der Waals surface area contributed by atoms with Gasteiger partial charge in [0.25, 0.3) is 5.91 Å². The maximum Gasteiger partial charge on any atom is 0.315 e. The molecule has 0 bridgehead atoms. The van der Waals surface area contributed by atoms with Gasteiger partial charge in [-0.1, -0.05) is 97.4 Å². The summed E-state index contributed by atoms with van der Waals surface area (Å²) in [6, 6.07) is 29.4. The lowest BCUT2D eigenvalue weighted by atomic mass is 10.00. The Balaban J connectivity index is 0.889. The molecule has 4 aromatic rings. The minimum Gasteiger partial charge on any atom is -0.481 e. The first kappa shape index (κ1) is 47.3. The zero-order valence-corrected chi connectivity index (χ0v) is 37.8. The number of thioether (sulfide) groups is 1. The normalized spacial score (nSPS) is 20.0. The third kappa shape index (κ3) is 12.6. The highest BCUT2D eigenvalue weighted by Gasteiger charge is 2.43. The molecule has 7 rings (SSSR count). The van der Waals surface area contributed by atoms with Crippen LogP contribution in [-0.4, -0.2) is 96.2 Å². The van der Waals surface area contributed by atoms with E-state index in [0.29, 0.717) is 64.9 Å². The summed E-state index contributed by atoms with van der Waals surface area (Å²) in [5.74, 6) is -0.956. The zero-order valence-electron chi connectivity index (χ0n) is 37.0. The highest BCUT2D eigenvalue weighted by Crippen LogP contribution is 2.38. The van der Waals surface area contributed by atoms with Crippen LogP contribution in [0.3, 0.4) is 0 Å². The summed E-state index contributed by atoms with van der Waals surface area (Å²) >= 11 is 1.87. The zero-order chi connectivity index (χ0) is 46.4. The van der Waals surface area contributed by atoms with Gasteiger partial charge in [0.15, 0.2) is 11.9 Å². The van der Waals surface area contributed by atoms with Gasteiger partial charge in [-0.15, -0.1) is 0 Å². The predicted molar refractivity (Wildman–Crippen MR) is 252 cm³/mol. The number of fused-ring (bicyclic) bond motifs is 2. The minimum atomic E-state index is -1.29. The molecule has 3 aliphatic rings. The number of benzene rings is 4. The summed E-state index contributed by atoms with van der Waals surface area (Å²) in [6.07, 6.45) is 4.23. The number of anilines is 1. The van der Waals surface area contributed by atoms with Gasteiger partial charge in [-0.25, -0.2) is 4.79 Å². The summed E-state index contributed by atoms with van der Waals surface area (Å²) in [5.41, 5.74) is 2.53. The lowest BCUT2D eigenvalue weighted by Crippen LogP contribution is -2.56. The molecule has 15 nitrogen and oxygen atoms in total. The van der Waals surface area contributed by atoms with Crippen LogP contribution >= 0.6 is 11.8 Å². The number of ether oxygens (including phenoxy) is 1. The Labute approximate surface area is 389 Å². The monoisotopic (exact) mass is 915 g/mol. The van der Waals surface area contributed by atoms with Gasteiger partial charge in [-0.3, -0.25) is 33.7 Å². The van der Waals surface area contributed by atoms with Crippen molar-refractivity contribution in [1.82, 2.24) is 31.9 Å². The van der Waals surface area contributed by atoms with E-state index in [-0.39, 0.29) is 42.8 Å². The minimum absolute atomic E-state index is 0.0155. The number of carbonyl (C=O) groups is 7. The number of para-hydroxylation sites is 2. The van der Waals surface area contributed by atoms with E-state index in [4.69, 9.17) is 4.74 Å². The van der Waals surface area contributed by atoms with Crippen LogP contribution < -0.4 is 41.5 Å². The largest absolute Gasteiger partial charge is 0.481 e. The van der Waals surface area contributed by atoms with Gasteiger partial charge in [0, 0.05) is 41.6 Å². The molecule has 0 unspecified atom stereocenters. The molecule has 346 valence electrons. The van der Waals surface area contributed by atoms with E-state index >= 15 is 0 Å². The van der Waals surface area contributed by atoms with Crippen molar-refractivity contribution in [2.45, 2.75) is 93.8 Å². The molecule has 6 atom stereocenters.